The van der Waals surface area contributed by atoms with Gasteiger partial charge in [-0.15, -0.1) is 0 Å². The van der Waals surface area contributed by atoms with Gasteiger partial charge in [0.15, 0.2) is 0 Å². The van der Waals surface area contributed by atoms with Crippen LogP contribution < -0.4 is 5.32 Å². The number of carboxylic acids is 1. The number of hydrogen-bond donors (Lipinski definition) is 2. The van der Waals surface area contributed by atoms with E-state index in [1.54, 1.807) is 0 Å². The highest BCUT2D eigenvalue weighted by Gasteiger charge is 2.41. The van der Waals surface area contributed by atoms with Crippen molar-refractivity contribution in [2.75, 3.05) is 26.2 Å². The number of aliphatic carboxylic acids is 1. The molecule has 1 aliphatic rings. The summed E-state index contributed by atoms with van der Waals surface area (Å²) in [6.07, 6.45) is 0. The molecule has 0 amide bonds. The van der Waals surface area contributed by atoms with Crippen molar-refractivity contribution in [2.24, 2.45) is 0 Å². The maximum absolute atomic E-state index is 11.9. The predicted molar refractivity (Wildman–Crippen MR) is 75.3 cm³/mol. The fourth-order valence-electron chi connectivity index (χ4n) is 2.60. The van der Waals surface area contributed by atoms with E-state index in [1.165, 1.54) is 5.56 Å². The molecule has 1 unspecified atom stereocenters. The standard InChI is InChI=1S/C15H22N2O2/c1-11-4-5-13(10-12(11)2)15(3,14(18)19)17-8-6-16-7-9-17/h4-5,10,16H,6-9H2,1-3H3,(H,18,19). The lowest BCUT2D eigenvalue weighted by Gasteiger charge is -2.41. The van der Waals surface area contributed by atoms with Crippen molar-refractivity contribution < 1.29 is 9.90 Å². The van der Waals surface area contributed by atoms with Gasteiger partial charge in [0.2, 0.25) is 0 Å². The zero-order valence-corrected chi connectivity index (χ0v) is 11.9. The van der Waals surface area contributed by atoms with Crippen LogP contribution in [-0.4, -0.2) is 42.2 Å². The Morgan fingerprint density at radius 1 is 1.26 bits per heavy atom. The van der Waals surface area contributed by atoms with Crippen LogP contribution >= 0.6 is 0 Å². The molecule has 4 nitrogen and oxygen atoms in total. The highest BCUT2D eigenvalue weighted by atomic mass is 16.4. The maximum Gasteiger partial charge on any atom is 0.328 e. The topological polar surface area (TPSA) is 52.6 Å². The number of rotatable bonds is 3. The third kappa shape index (κ3) is 2.51. The Hall–Kier alpha value is -1.39. The summed E-state index contributed by atoms with van der Waals surface area (Å²) in [5, 5.41) is 13.0. The van der Waals surface area contributed by atoms with Crippen molar-refractivity contribution in [3.63, 3.8) is 0 Å². The molecule has 1 heterocycles. The van der Waals surface area contributed by atoms with Crippen LogP contribution in [0.25, 0.3) is 0 Å². The third-order valence-corrected chi connectivity index (χ3v) is 4.23. The summed E-state index contributed by atoms with van der Waals surface area (Å²) in [5.74, 6) is -0.780. The Morgan fingerprint density at radius 3 is 2.42 bits per heavy atom. The molecule has 19 heavy (non-hydrogen) atoms. The molecular weight excluding hydrogens is 240 g/mol. The van der Waals surface area contributed by atoms with Gasteiger partial charge in [0.1, 0.15) is 5.54 Å². The van der Waals surface area contributed by atoms with Crippen molar-refractivity contribution in [1.82, 2.24) is 10.2 Å². The first-order valence-corrected chi connectivity index (χ1v) is 6.73. The molecule has 104 valence electrons. The van der Waals surface area contributed by atoms with Crippen LogP contribution in [0.4, 0.5) is 0 Å². The molecule has 0 bridgehead atoms. The van der Waals surface area contributed by atoms with Gasteiger partial charge in [-0.25, -0.2) is 4.79 Å². The number of benzene rings is 1. The van der Waals surface area contributed by atoms with Crippen LogP contribution in [-0.2, 0) is 10.3 Å². The summed E-state index contributed by atoms with van der Waals surface area (Å²) in [7, 11) is 0. The van der Waals surface area contributed by atoms with Crippen molar-refractivity contribution in [2.45, 2.75) is 26.3 Å². The molecule has 0 saturated carbocycles. The van der Waals surface area contributed by atoms with E-state index in [2.05, 4.69) is 10.2 Å². The van der Waals surface area contributed by atoms with Gasteiger partial charge in [0.25, 0.3) is 0 Å². The van der Waals surface area contributed by atoms with E-state index in [0.717, 1.165) is 37.3 Å². The fourth-order valence-corrected chi connectivity index (χ4v) is 2.60. The summed E-state index contributed by atoms with van der Waals surface area (Å²) in [4.78, 5) is 13.9. The highest BCUT2D eigenvalue weighted by molar-refractivity contribution is 5.80. The average Bonchev–Trinajstić information content (AvgIpc) is 2.41. The molecule has 1 saturated heterocycles. The van der Waals surface area contributed by atoms with Gasteiger partial charge in [-0.05, 0) is 37.5 Å². The lowest BCUT2D eigenvalue weighted by molar-refractivity contribution is -0.151. The third-order valence-electron chi connectivity index (χ3n) is 4.23. The quantitative estimate of drug-likeness (QED) is 0.867. The average molecular weight is 262 g/mol. The van der Waals surface area contributed by atoms with Crippen LogP contribution in [0.2, 0.25) is 0 Å². The molecule has 1 aliphatic heterocycles. The van der Waals surface area contributed by atoms with E-state index >= 15 is 0 Å². The number of carboxylic acid groups (broad SMARTS) is 1. The molecule has 2 N–H and O–H groups in total. The lowest BCUT2D eigenvalue weighted by Crippen LogP contribution is -2.56. The minimum absolute atomic E-state index is 0.760. The second-order valence-electron chi connectivity index (χ2n) is 5.41. The second kappa shape index (κ2) is 5.31. The Balaban J connectivity index is 2.42. The van der Waals surface area contributed by atoms with Gasteiger partial charge >= 0.3 is 5.97 Å². The molecule has 2 rings (SSSR count). The smallest absolute Gasteiger partial charge is 0.328 e. The van der Waals surface area contributed by atoms with E-state index in [4.69, 9.17) is 0 Å². The van der Waals surface area contributed by atoms with Crippen molar-refractivity contribution >= 4 is 5.97 Å². The first kappa shape index (κ1) is 14.0. The highest BCUT2D eigenvalue weighted by Crippen LogP contribution is 2.30. The minimum atomic E-state index is -0.944. The number of nitrogens with one attached hydrogen (secondary N) is 1. The molecule has 0 aromatic heterocycles. The lowest BCUT2D eigenvalue weighted by atomic mass is 9.87. The van der Waals surface area contributed by atoms with Gasteiger partial charge in [0, 0.05) is 26.2 Å². The zero-order valence-electron chi connectivity index (χ0n) is 11.9. The first-order valence-electron chi connectivity index (χ1n) is 6.73. The molecule has 1 fully saturated rings. The zero-order chi connectivity index (χ0) is 14.0. The van der Waals surface area contributed by atoms with Crippen molar-refractivity contribution in [3.8, 4) is 0 Å². The van der Waals surface area contributed by atoms with Crippen molar-refractivity contribution in [1.29, 1.82) is 0 Å². The molecule has 4 heteroatoms. The van der Waals surface area contributed by atoms with E-state index in [1.807, 2.05) is 39.0 Å². The first-order chi connectivity index (χ1) is 8.96. The summed E-state index contributed by atoms with van der Waals surface area (Å²) in [6, 6.07) is 5.96. The van der Waals surface area contributed by atoms with Gasteiger partial charge in [-0.3, -0.25) is 4.90 Å². The molecular formula is C15H22N2O2. The molecule has 1 aromatic carbocycles. The summed E-state index contributed by atoms with van der Waals surface area (Å²) < 4.78 is 0. The normalized spacial score (nSPS) is 19.9. The number of carbonyl (C=O) groups is 1. The predicted octanol–water partition coefficient (Wildman–Crippen LogP) is 1.51. The van der Waals surface area contributed by atoms with Gasteiger partial charge in [0.05, 0.1) is 0 Å². The Morgan fingerprint density at radius 2 is 1.89 bits per heavy atom. The summed E-state index contributed by atoms with van der Waals surface area (Å²) in [5.41, 5.74) is 2.25. The van der Waals surface area contributed by atoms with Crippen molar-refractivity contribution in [3.05, 3.63) is 34.9 Å². The monoisotopic (exact) mass is 262 g/mol. The van der Waals surface area contributed by atoms with Crippen LogP contribution in [0.15, 0.2) is 18.2 Å². The van der Waals surface area contributed by atoms with E-state index in [-0.39, 0.29) is 0 Å². The number of nitrogens with zero attached hydrogens (tertiary/aromatic N) is 1. The van der Waals surface area contributed by atoms with E-state index in [0.29, 0.717) is 0 Å². The van der Waals surface area contributed by atoms with Crippen LogP contribution in [0.5, 0.6) is 0 Å². The Labute approximate surface area is 114 Å². The van der Waals surface area contributed by atoms with Gasteiger partial charge < -0.3 is 10.4 Å². The molecule has 0 spiro atoms. The molecule has 1 aromatic rings. The number of hydrogen-bond acceptors (Lipinski definition) is 3. The fraction of sp³-hybridized carbons (Fsp3) is 0.533. The summed E-state index contributed by atoms with van der Waals surface area (Å²) >= 11 is 0. The van der Waals surface area contributed by atoms with Crippen LogP contribution in [0.3, 0.4) is 0 Å². The number of aryl methyl sites for hydroxylation is 2. The van der Waals surface area contributed by atoms with E-state index in [9.17, 15) is 9.90 Å². The van der Waals surface area contributed by atoms with E-state index < -0.39 is 11.5 Å². The van der Waals surface area contributed by atoms with Gasteiger partial charge in [-0.2, -0.15) is 0 Å². The van der Waals surface area contributed by atoms with Crippen LogP contribution in [0.1, 0.15) is 23.6 Å². The second-order valence-corrected chi connectivity index (χ2v) is 5.41. The molecule has 0 radical (unpaired) electrons. The Bertz CT molecular complexity index is 481. The molecule has 1 atom stereocenters. The largest absolute Gasteiger partial charge is 0.480 e. The summed E-state index contributed by atoms with van der Waals surface area (Å²) in [6.45, 7) is 9.08. The maximum atomic E-state index is 11.9. The van der Waals surface area contributed by atoms with Gasteiger partial charge in [-0.1, -0.05) is 18.2 Å². The van der Waals surface area contributed by atoms with Crippen LogP contribution in [0, 0.1) is 13.8 Å². The Kier molecular flexibility index (Phi) is 3.92. The minimum Gasteiger partial charge on any atom is -0.480 e. The SMILES string of the molecule is Cc1ccc(C(C)(C(=O)O)N2CCNCC2)cc1C. The number of piperazine rings is 1. The molecule has 0 aliphatic carbocycles.